The molecule has 0 unspecified atom stereocenters. The summed E-state index contributed by atoms with van der Waals surface area (Å²) in [5.41, 5.74) is 2.40. The number of hydrogen-bond donors (Lipinski definition) is 1. The van der Waals surface area contributed by atoms with Gasteiger partial charge in [-0.3, -0.25) is 0 Å². The Hall–Kier alpha value is -1.76. The summed E-state index contributed by atoms with van der Waals surface area (Å²) < 4.78 is 0. The average molecular weight is 168 g/mol. The topological polar surface area (TPSA) is 20.2 Å². The third-order valence-corrected chi connectivity index (χ3v) is 2.52. The third-order valence-electron chi connectivity index (χ3n) is 2.52. The van der Waals surface area contributed by atoms with Gasteiger partial charge in [0.2, 0.25) is 0 Å². The Morgan fingerprint density at radius 3 is 2.46 bits per heavy atom. The average Bonchev–Trinajstić information content (AvgIpc) is 2.57. The van der Waals surface area contributed by atoms with Crippen LogP contribution in [0.3, 0.4) is 0 Å². The zero-order valence-electron chi connectivity index (χ0n) is 6.99. The molecule has 0 saturated heterocycles. The van der Waals surface area contributed by atoms with Crippen LogP contribution in [0.1, 0.15) is 11.1 Å². The molecule has 0 radical (unpaired) electrons. The molecule has 0 aromatic heterocycles. The summed E-state index contributed by atoms with van der Waals surface area (Å²) in [4.78, 5) is 0. The van der Waals surface area contributed by atoms with Crippen LogP contribution < -0.4 is 0 Å². The molecule has 0 heterocycles. The Morgan fingerprint density at radius 1 is 0.846 bits per heavy atom. The van der Waals surface area contributed by atoms with Crippen LogP contribution in [0.2, 0.25) is 0 Å². The van der Waals surface area contributed by atoms with Crippen LogP contribution in [0.15, 0.2) is 30.3 Å². The SMILES string of the molecule is Oc1ccc2c3c(cccc13)C=C2. The number of benzene rings is 2. The zero-order chi connectivity index (χ0) is 8.84. The van der Waals surface area contributed by atoms with E-state index in [1.807, 2.05) is 18.2 Å². The van der Waals surface area contributed by atoms with Gasteiger partial charge in [0.15, 0.2) is 0 Å². The highest BCUT2D eigenvalue weighted by Gasteiger charge is 2.10. The maximum absolute atomic E-state index is 9.62. The predicted molar refractivity (Wildman–Crippen MR) is 54.5 cm³/mol. The molecule has 62 valence electrons. The van der Waals surface area contributed by atoms with Gasteiger partial charge in [-0.25, -0.2) is 0 Å². The van der Waals surface area contributed by atoms with E-state index in [2.05, 4.69) is 18.2 Å². The zero-order valence-corrected chi connectivity index (χ0v) is 6.99. The Morgan fingerprint density at radius 2 is 1.62 bits per heavy atom. The number of aromatic hydroxyl groups is 1. The maximum Gasteiger partial charge on any atom is 0.123 e. The molecule has 0 atom stereocenters. The van der Waals surface area contributed by atoms with Gasteiger partial charge in [0, 0.05) is 5.39 Å². The smallest absolute Gasteiger partial charge is 0.123 e. The van der Waals surface area contributed by atoms with E-state index in [0.717, 1.165) is 5.39 Å². The van der Waals surface area contributed by atoms with Gasteiger partial charge >= 0.3 is 0 Å². The van der Waals surface area contributed by atoms with Crippen LogP contribution in [-0.4, -0.2) is 5.11 Å². The van der Waals surface area contributed by atoms with Crippen molar-refractivity contribution in [3.63, 3.8) is 0 Å². The first kappa shape index (κ1) is 6.72. The molecule has 1 aliphatic carbocycles. The molecule has 0 spiro atoms. The second-order valence-corrected chi connectivity index (χ2v) is 3.28. The lowest BCUT2D eigenvalue weighted by Gasteiger charge is -2.03. The highest BCUT2D eigenvalue weighted by Crippen LogP contribution is 2.35. The molecule has 1 nitrogen and oxygen atoms in total. The summed E-state index contributed by atoms with van der Waals surface area (Å²) >= 11 is 0. The van der Waals surface area contributed by atoms with Crippen molar-refractivity contribution in [3.05, 3.63) is 41.5 Å². The van der Waals surface area contributed by atoms with Crippen molar-refractivity contribution in [1.29, 1.82) is 0 Å². The minimum absolute atomic E-state index is 0.365. The lowest BCUT2D eigenvalue weighted by Crippen LogP contribution is -1.78. The van der Waals surface area contributed by atoms with E-state index in [4.69, 9.17) is 0 Å². The molecule has 2 aromatic rings. The fourth-order valence-corrected chi connectivity index (χ4v) is 1.90. The van der Waals surface area contributed by atoms with Crippen LogP contribution in [0.5, 0.6) is 5.75 Å². The van der Waals surface area contributed by atoms with E-state index in [-0.39, 0.29) is 0 Å². The van der Waals surface area contributed by atoms with Gasteiger partial charge in [-0.2, -0.15) is 0 Å². The first-order chi connectivity index (χ1) is 6.36. The molecular weight excluding hydrogens is 160 g/mol. The first-order valence-corrected chi connectivity index (χ1v) is 4.29. The molecule has 0 bridgehead atoms. The molecule has 0 amide bonds. The Labute approximate surface area is 75.9 Å². The van der Waals surface area contributed by atoms with Crippen molar-refractivity contribution in [2.24, 2.45) is 0 Å². The minimum Gasteiger partial charge on any atom is -0.507 e. The monoisotopic (exact) mass is 168 g/mol. The molecule has 1 N–H and O–H groups in total. The highest BCUT2D eigenvalue weighted by molar-refractivity contribution is 6.06. The lowest BCUT2D eigenvalue weighted by molar-refractivity contribution is 0.481. The largest absolute Gasteiger partial charge is 0.507 e. The van der Waals surface area contributed by atoms with Crippen molar-refractivity contribution in [2.45, 2.75) is 0 Å². The van der Waals surface area contributed by atoms with E-state index in [0.29, 0.717) is 5.75 Å². The number of phenolic OH excluding ortho intramolecular Hbond substituents is 1. The van der Waals surface area contributed by atoms with Crippen molar-refractivity contribution >= 4 is 22.9 Å². The van der Waals surface area contributed by atoms with E-state index in [1.165, 1.54) is 16.5 Å². The lowest BCUT2D eigenvalue weighted by atomic mass is 10.0. The molecule has 0 saturated carbocycles. The minimum atomic E-state index is 0.365. The summed E-state index contributed by atoms with van der Waals surface area (Å²) in [6.07, 6.45) is 4.16. The van der Waals surface area contributed by atoms with Crippen LogP contribution in [0.25, 0.3) is 22.9 Å². The van der Waals surface area contributed by atoms with Gasteiger partial charge in [0.25, 0.3) is 0 Å². The van der Waals surface area contributed by atoms with Crippen molar-refractivity contribution in [3.8, 4) is 5.75 Å². The summed E-state index contributed by atoms with van der Waals surface area (Å²) in [5, 5.41) is 11.7. The molecule has 0 aliphatic heterocycles. The summed E-state index contributed by atoms with van der Waals surface area (Å²) in [7, 11) is 0. The van der Waals surface area contributed by atoms with Gasteiger partial charge < -0.3 is 5.11 Å². The Kier molecular flexibility index (Phi) is 1.10. The first-order valence-electron chi connectivity index (χ1n) is 4.29. The van der Waals surface area contributed by atoms with Crippen LogP contribution >= 0.6 is 0 Å². The molecule has 1 aliphatic rings. The van der Waals surface area contributed by atoms with Crippen molar-refractivity contribution < 1.29 is 5.11 Å². The third kappa shape index (κ3) is 0.760. The molecule has 13 heavy (non-hydrogen) atoms. The molecule has 0 fully saturated rings. The molecule has 1 heteroatoms. The van der Waals surface area contributed by atoms with E-state index in [9.17, 15) is 5.11 Å². The van der Waals surface area contributed by atoms with Gasteiger partial charge in [0.05, 0.1) is 0 Å². The van der Waals surface area contributed by atoms with Crippen LogP contribution in [0, 0.1) is 0 Å². The Bertz CT molecular complexity index is 512. The second kappa shape index (κ2) is 2.13. The molecule has 3 rings (SSSR count). The van der Waals surface area contributed by atoms with Crippen LogP contribution in [0.4, 0.5) is 0 Å². The molecule has 2 aromatic carbocycles. The maximum atomic E-state index is 9.62. The number of rotatable bonds is 0. The predicted octanol–water partition coefficient (Wildman–Crippen LogP) is 3.03. The van der Waals surface area contributed by atoms with Gasteiger partial charge in [-0.1, -0.05) is 36.4 Å². The van der Waals surface area contributed by atoms with Gasteiger partial charge in [-0.15, -0.1) is 0 Å². The number of hydrogen-bond acceptors (Lipinski definition) is 1. The van der Waals surface area contributed by atoms with E-state index >= 15 is 0 Å². The van der Waals surface area contributed by atoms with E-state index < -0.39 is 0 Å². The summed E-state index contributed by atoms with van der Waals surface area (Å²) in [5.74, 6) is 0.365. The van der Waals surface area contributed by atoms with Crippen LogP contribution in [-0.2, 0) is 0 Å². The molecular formula is C12H8O. The number of phenols is 1. The van der Waals surface area contributed by atoms with E-state index in [1.54, 1.807) is 6.07 Å². The summed E-state index contributed by atoms with van der Waals surface area (Å²) in [6, 6.07) is 9.68. The quantitative estimate of drug-likeness (QED) is 0.547. The van der Waals surface area contributed by atoms with Crippen molar-refractivity contribution in [2.75, 3.05) is 0 Å². The fraction of sp³-hybridized carbons (Fsp3) is 0. The van der Waals surface area contributed by atoms with Gasteiger partial charge in [0.1, 0.15) is 5.75 Å². The van der Waals surface area contributed by atoms with Crippen molar-refractivity contribution in [1.82, 2.24) is 0 Å². The highest BCUT2D eigenvalue weighted by atomic mass is 16.3. The standard InChI is InChI=1S/C12H8O/c13-11-7-6-9-5-4-8-2-1-3-10(11)12(8)9/h1-7,13H. The second-order valence-electron chi connectivity index (χ2n) is 3.28. The Balaban J connectivity index is 2.63. The fourth-order valence-electron chi connectivity index (χ4n) is 1.90. The van der Waals surface area contributed by atoms with Gasteiger partial charge in [-0.05, 0) is 22.6 Å². The summed E-state index contributed by atoms with van der Waals surface area (Å²) in [6.45, 7) is 0. The normalized spacial score (nSPS) is 12.6.